The Bertz CT molecular complexity index is 689. The summed E-state index contributed by atoms with van der Waals surface area (Å²) in [4.78, 5) is 24.0. The Kier molecular flexibility index (Phi) is 5.26. The van der Waals surface area contributed by atoms with Gasteiger partial charge in [0.25, 0.3) is 5.91 Å². The third kappa shape index (κ3) is 4.44. The number of rotatable bonds is 5. The van der Waals surface area contributed by atoms with E-state index in [2.05, 4.69) is 5.32 Å². The molecule has 0 aliphatic heterocycles. The standard InChI is InChI=1S/C20H21NO3/c22-19(14-15-6-4-5-7-15)24-18-12-10-17(11-13-18)21-20(23)16-8-2-1-3-9-16/h1-3,8-13,15H,4-7,14H2,(H,21,23). The van der Waals surface area contributed by atoms with Gasteiger partial charge in [-0.1, -0.05) is 31.0 Å². The van der Waals surface area contributed by atoms with Crippen LogP contribution in [0.1, 0.15) is 42.5 Å². The first-order chi connectivity index (χ1) is 11.7. The monoisotopic (exact) mass is 323 g/mol. The second kappa shape index (κ2) is 7.77. The highest BCUT2D eigenvalue weighted by Crippen LogP contribution is 2.28. The zero-order valence-corrected chi connectivity index (χ0v) is 13.5. The van der Waals surface area contributed by atoms with Crippen LogP contribution in [0.5, 0.6) is 5.75 Å². The van der Waals surface area contributed by atoms with Crippen LogP contribution in [0.15, 0.2) is 54.6 Å². The molecule has 0 bridgehead atoms. The molecule has 0 radical (unpaired) electrons. The Hall–Kier alpha value is -2.62. The van der Waals surface area contributed by atoms with Crippen molar-refractivity contribution < 1.29 is 14.3 Å². The van der Waals surface area contributed by atoms with E-state index in [0.29, 0.717) is 29.3 Å². The van der Waals surface area contributed by atoms with Crippen molar-refractivity contribution >= 4 is 17.6 Å². The van der Waals surface area contributed by atoms with Gasteiger partial charge in [-0.2, -0.15) is 0 Å². The van der Waals surface area contributed by atoms with E-state index < -0.39 is 0 Å². The molecule has 4 heteroatoms. The van der Waals surface area contributed by atoms with Gasteiger partial charge in [-0.25, -0.2) is 0 Å². The minimum Gasteiger partial charge on any atom is -0.427 e. The van der Waals surface area contributed by atoms with Crippen LogP contribution in [0, 0.1) is 5.92 Å². The van der Waals surface area contributed by atoms with Gasteiger partial charge in [0.15, 0.2) is 0 Å². The summed E-state index contributed by atoms with van der Waals surface area (Å²) in [6.07, 6.45) is 5.17. The summed E-state index contributed by atoms with van der Waals surface area (Å²) >= 11 is 0. The lowest BCUT2D eigenvalue weighted by molar-refractivity contribution is -0.135. The van der Waals surface area contributed by atoms with E-state index in [4.69, 9.17) is 4.74 Å². The average Bonchev–Trinajstić information content (AvgIpc) is 3.10. The number of carbonyl (C=O) groups excluding carboxylic acids is 2. The van der Waals surface area contributed by atoms with Crippen molar-refractivity contribution in [3.05, 3.63) is 60.2 Å². The number of ether oxygens (including phenoxy) is 1. The van der Waals surface area contributed by atoms with Crippen molar-refractivity contribution in [2.24, 2.45) is 5.92 Å². The van der Waals surface area contributed by atoms with Crippen molar-refractivity contribution in [3.8, 4) is 5.75 Å². The van der Waals surface area contributed by atoms with Gasteiger partial charge in [0, 0.05) is 17.7 Å². The van der Waals surface area contributed by atoms with Crippen LogP contribution >= 0.6 is 0 Å². The Morgan fingerprint density at radius 3 is 2.29 bits per heavy atom. The van der Waals surface area contributed by atoms with Gasteiger partial charge in [0.1, 0.15) is 5.75 Å². The molecule has 4 nitrogen and oxygen atoms in total. The number of anilines is 1. The molecule has 2 aromatic rings. The number of amides is 1. The Morgan fingerprint density at radius 1 is 0.958 bits per heavy atom. The van der Waals surface area contributed by atoms with Crippen LogP contribution in [0.3, 0.4) is 0 Å². The summed E-state index contributed by atoms with van der Waals surface area (Å²) in [7, 11) is 0. The van der Waals surface area contributed by atoms with E-state index in [0.717, 1.165) is 12.8 Å². The van der Waals surface area contributed by atoms with Crippen molar-refractivity contribution in [3.63, 3.8) is 0 Å². The Labute approximate surface area is 141 Å². The molecular weight excluding hydrogens is 302 g/mol. The van der Waals surface area contributed by atoms with Gasteiger partial charge in [-0.15, -0.1) is 0 Å². The highest BCUT2D eigenvalue weighted by atomic mass is 16.5. The summed E-state index contributed by atoms with van der Waals surface area (Å²) in [6, 6.07) is 15.9. The fraction of sp³-hybridized carbons (Fsp3) is 0.300. The molecule has 1 aliphatic rings. The van der Waals surface area contributed by atoms with Crippen molar-refractivity contribution in [1.82, 2.24) is 0 Å². The van der Waals surface area contributed by atoms with E-state index in [-0.39, 0.29) is 11.9 Å². The first-order valence-electron chi connectivity index (χ1n) is 8.38. The molecule has 0 atom stereocenters. The maximum absolute atomic E-state index is 12.1. The summed E-state index contributed by atoms with van der Waals surface area (Å²) in [5, 5.41) is 2.82. The van der Waals surface area contributed by atoms with Gasteiger partial charge in [-0.3, -0.25) is 9.59 Å². The zero-order chi connectivity index (χ0) is 16.8. The van der Waals surface area contributed by atoms with E-state index >= 15 is 0 Å². The fourth-order valence-corrected chi connectivity index (χ4v) is 3.02. The number of benzene rings is 2. The topological polar surface area (TPSA) is 55.4 Å². The predicted octanol–water partition coefficient (Wildman–Crippen LogP) is 4.42. The lowest BCUT2D eigenvalue weighted by atomic mass is 10.0. The molecule has 3 rings (SSSR count). The fourth-order valence-electron chi connectivity index (χ4n) is 3.02. The minimum absolute atomic E-state index is 0.165. The number of hydrogen-bond acceptors (Lipinski definition) is 3. The summed E-state index contributed by atoms with van der Waals surface area (Å²) in [5.41, 5.74) is 1.27. The molecule has 0 aromatic heterocycles. The van der Waals surface area contributed by atoms with Crippen molar-refractivity contribution in [2.75, 3.05) is 5.32 Å². The minimum atomic E-state index is -0.178. The molecule has 0 heterocycles. The molecule has 24 heavy (non-hydrogen) atoms. The van der Waals surface area contributed by atoms with E-state index in [9.17, 15) is 9.59 Å². The van der Waals surface area contributed by atoms with Gasteiger partial charge in [0.2, 0.25) is 0 Å². The molecule has 0 spiro atoms. The second-order valence-corrected chi connectivity index (χ2v) is 6.17. The highest BCUT2D eigenvalue weighted by molar-refractivity contribution is 6.04. The van der Waals surface area contributed by atoms with E-state index in [1.54, 1.807) is 36.4 Å². The predicted molar refractivity (Wildman–Crippen MR) is 93.0 cm³/mol. The largest absolute Gasteiger partial charge is 0.427 e. The van der Waals surface area contributed by atoms with Gasteiger partial charge in [0.05, 0.1) is 0 Å². The van der Waals surface area contributed by atoms with Crippen LogP contribution in [0.25, 0.3) is 0 Å². The van der Waals surface area contributed by atoms with E-state index in [1.165, 1.54) is 12.8 Å². The molecule has 0 saturated heterocycles. The lowest BCUT2D eigenvalue weighted by Crippen LogP contribution is -2.13. The average molecular weight is 323 g/mol. The lowest BCUT2D eigenvalue weighted by Gasteiger charge is -2.10. The molecule has 2 aromatic carbocycles. The third-order valence-corrected chi connectivity index (χ3v) is 4.31. The van der Waals surface area contributed by atoms with Gasteiger partial charge in [-0.05, 0) is 55.2 Å². The van der Waals surface area contributed by atoms with Crippen molar-refractivity contribution in [2.45, 2.75) is 32.1 Å². The normalized spacial score (nSPS) is 14.3. The maximum atomic E-state index is 12.1. The summed E-state index contributed by atoms with van der Waals surface area (Å²) in [6.45, 7) is 0. The molecule has 1 N–H and O–H groups in total. The smallest absolute Gasteiger partial charge is 0.311 e. The van der Waals surface area contributed by atoms with Crippen molar-refractivity contribution in [1.29, 1.82) is 0 Å². The van der Waals surface area contributed by atoms with Crippen LogP contribution < -0.4 is 10.1 Å². The first kappa shape index (κ1) is 16.2. The van der Waals surface area contributed by atoms with Crippen LogP contribution in [0.2, 0.25) is 0 Å². The third-order valence-electron chi connectivity index (χ3n) is 4.31. The van der Waals surface area contributed by atoms with Gasteiger partial charge >= 0.3 is 5.97 Å². The quantitative estimate of drug-likeness (QED) is 0.654. The Morgan fingerprint density at radius 2 is 1.62 bits per heavy atom. The molecule has 0 unspecified atom stereocenters. The molecular formula is C20H21NO3. The first-order valence-corrected chi connectivity index (χ1v) is 8.38. The second-order valence-electron chi connectivity index (χ2n) is 6.17. The maximum Gasteiger partial charge on any atom is 0.311 e. The van der Waals surface area contributed by atoms with Crippen LogP contribution in [0.4, 0.5) is 5.69 Å². The molecule has 124 valence electrons. The molecule has 1 fully saturated rings. The number of nitrogens with one attached hydrogen (secondary N) is 1. The van der Waals surface area contributed by atoms with Crippen LogP contribution in [-0.4, -0.2) is 11.9 Å². The Balaban J connectivity index is 1.53. The van der Waals surface area contributed by atoms with Crippen LogP contribution in [-0.2, 0) is 4.79 Å². The van der Waals surface area contributed by atoms with E-state index in [1.807, 2.05) is 18.2 Å². The molecule has 1 aliphatic carbocycles. The zero-order valence-electron chi connectivity index (χ0n) is 13.5. The molecule has 1 amide bonds. The summed E-state index contributed by atoms with van der Waals surface area (Å²) in [5.74, 6) is 0.641. The SMILES string of the molecule is O=C(CC1CCCC1)Oc1ccc(NC(=O)c2ccccc2)cc1. The highest BCUT2D eigenvalue weighted by Gasteiger charge is 2.19. The number of hydrogen-bond donors (Lipinski definition) is 1. The molecule has 1 saturated carbocycles. The summed E-state index contributed by atoms with van der Waals surface area (Å²) < 4.78 is 5.37. The number of carbonyl (C=O) groups is 2. The number of esters is 1. The van der Waals surface area contributed by atoms with Gasteiger partial charge < -0.3 is 10.1 Å².